The normalized spacial score (nSPS) is 10.1. The zero-order chi connectivity index (χ0) is 15.0. The second-order valence-corrected chi connectivity index (χ2v) is 6.73. The summed E-state index contributed by atoms with van der Waals surface area (Å²) >= 11 is 4.26. The van der Waals surface area contributed by atoms with Gasteiger partial charge < -0.3 is 4.74 Å². The molecule has 5 heteroatoms. The quantitative estimate of drug-likeness (QED) is 0.230. The van der Waals surface area contributed by atoms with E-state index >= 15 is 0 Å². The van der Waals surface area contributed by atoms with Crippen LogP contribution in [-0.4, -0.2) is 5.97 Å². The minimum absolute atomic E-state index is 0.255. The van der Waals surface area contributed by atoms with Gasteiger partial charge in [0.25, 0.3) is 0 Å². The molecule has 0 atom stereocenters. The molecule has 0 radical (unpaired) electrons. The minimum atomic E-state index is -0.255. The number of hydrogen-bond donors (Lipinski definition) is 0. The van der Waals surface area contributed by atoms with Gasteiger partial charge in [0.1, 0.15) is 17.4 Å². The summed E-state index contributed by atoms with van der Waals surface area (Å²) in [5.74, 6) is 0.117. The largest absolute Gasteiger partial charge is 0.425 e. The molecule has 0 heterocycles. The van der Waals surface area contributed by atoms with Gasteiger partial charge in [0, 0.05) is 13.6 Å². The number of ether oxygens (including phenoxy) is 1. The van der Waals surface area contributed by atoms with Gasteiger partial charge in [-0.05, 0) is 63.7 Å². The first kappa shape index (κ1) is 17.7. The fourth-order valence-corrected chi connectivity index (χ4v) is 2.78. The predicted molar refractivity (Wildman–Crippen MR) is 95.6 cm³/mol. The Morgan fingerprint density at radius 2 is 1.95 bits per heavy atom. The number of benzene rings is 1. The number of carbonyl (C=O) groups is 1. The standard InChI is InChI=1S/C15H17I2NO2/c1-2-3-4-5-6-7-14(19)20-13-9-8-12(16)15(17)11(13)10-18/h8-9H,2-7H2,1H3. The zero-order valence-electron chi connectivity index (χ0n) is 11.4. The molecule has 0 aromatic heterocycles. The van der Waals surface area contributed by atoms with Gasteiger partial charge in [0.05, 0.1) is 0 Å². The summed E-state index contributed by atoms with van der Waals surface area (Å²) in [5.41, 5.74) is 0.442. The Morgan fingerprint density at radius 3 is 2.60 bits per heavy atom. The van der Waals surface area contributed by atoms with Gasteiger partial charge >= 0.3 is 5.97 Å². The minimum Gasteiger partial charge on any atom is -0.425 e. The Balaban J connectivity index is 2.55. The summed E-state index contributed by atoms with van der Waals surface area (Å²) in [7, 11) is 0. The number of carbonyl (C=O) groups excluding carboxylic acids is 1. The molecule has 0 saturated heterocycles. The van der Waals surface area contributed by atoms with E-state index in [0.717, 1.165) is 26.4 Å². The Bertz CT molecular complexity index is 509. The molecule has 0 fully saturated rings. The van der Waals surface area contributed by atoms with Crippen LogP contribution in [0, 0.1) is 18.5 Å². The van der Waals surface area contributed by atoms with Crippen molar-refractivity contribution in [2.45, 2.75) is 45.4 Å². The van der Waals surface area contributed by atoms with E-state index in [0.29, 0.717) is 17.7 Å². The molecule has 0 aliphatic rings. The highest BCUT2D eigenvalue weighted by molar-refractivity contribution is 14.1. The zero-order valence-corrected chi connectivity index (χ0v) is 15.7. The first-order valence-corrected chi connectivity index (χ1v) is 8.84. The van der Waals surface area contributed by atoms with E-state index in [1.54, 1.807) is 6.07 Å². The van der Waals surface area contributed by atoms with Crippen LogP contribution in [0.5, 0.6) is 5.75 Å². The Morgan fingerprint density at radius 1 is 1.25 bits per heavy atom. The molecule has 20 heavy (non-hydrogen) atoms. The monoisotopic (exact) mass is 497 g/mol. The summed E-state index contributed by atoms with van der Waals surface area (Å²) in [6.07, 6.45) is 5.88. The lowest BCUT2D eigenvalue weighted by Crippen LogP contribution is -2.09. The smallest absolute Gasteiger partial charge is 0.311 e. The topological polar surface area (TPSA) is 50.1 Å². The van der Waals surface area contributed by atoms with E-state index in [2.05, 4.69) is 58.2 Å². The molecule has 0 saturated carbocycles. The molecular weight excluding hydrogens is 480 g/mol. The Kier molecular flexibility index (Phi) is 8.45. The number of hydrogen-bond acceptors (Lipinski definition) is 3. The summed E-state index contributed by atoms with van der Waals surface area (Å²) in [4.78, 5) is 11.8. The third-order valence-corrected chi connectivity index (χ3v) is 5.93. The van der Waals surface area contributed by atoms with Crippen LogP contribution in [0.4, 0.5) is 0 Å². The Hall–Kier alpha value is -0.360. The van der Waals surface area contributed by atoms with Crippen LogP contribution < -0.4 is 4.74 Å². The van der Waals surface area contributed by atoms with Crippen molar-refractivity contribution in [1.29, 1.82) is 5.26 Å². The first-order valence-electron chi connectivity index (χ1n) is 6.69. The van der Waals surface area contributed by atoms with Crippen LogP contribution >= 0.6 is 45.2 Å². The molecule has 0 aliphatic carbocycles. The molecular formula is C15H17I2NO2. The molecule has 0 aliphatic heterocycles. The number of halogens is 2. The van der Waals surface area contributed by atoms with Crippen LogP contribution in [0.2, 0.25) is 0 Å². The molecule has 1 aromatic carbocycles. The average molecular weight is 497 g/mol. The van der Waals surface area contributed by atoms with Crippen LogP contribution in [0.15, 0.2) is 12.1 Å². The van der Waals surface area contributed by atoms with Gasteiger partial charge in [-0.15, -0.1) is 0 Å². The lowest BCUT2D eigenvalue weighted by atomic mass is 10.1. The van der Waals surface area contributed by atoms with Crippen molar-refractivity contribution in [3.63, 3.8) is 0 Å². The maximum atomic E-state index is 11.8. The SMILES string of the molecule is CCCCCCCC(=O)Oc1ccc(I)c(I)c1C#N. The molecule has 3 nitrogen and oxygen atoms in total. The maximum absolute atomic E-state index is 11.8. The van der Waals surface area contributed by atoms with E-state index in [4.69, 9.17) is 10.00 Å². The summed E-state index contributed by atoms with van der Waals surface area (Å²) in [6.45, 7) is 2.16. The van der Waals surface area contributed by atoms with Gasteiger partial charge in [0.15, 0.2) is 0 Å². The number of esters is 1. The van der Waals surface area contributed by atoms with Crippen molar-refractivity contribution < 1.29 is 9.53 Å². The highest BCUT2D eigenvalue weighted by Gasteiger charge is 2.13. The third-order valence-electron chi connectivity index (χ3n) is 2.88. The second-order valence-electron chi connectivity index (χ2n) is 4.48. The highest BCUT2D eigenvalue weighted by atomic mass is 127. The maximum Gasteiger partial charge on any atom is 0.311 e. The van der Waals surface area contributed by atoms with Gasteiger partial charge in [-0.1, -0.05) is 32.6 Å². The van der Waals surface area contributed by atoms with E-state index in [1.807, 2.05) is 6.07 Å². The van der Waals surface area contributed by atoms with Crippen molar-refractivity contribution in [3.8, 4) is 11.8 Å². The molecule has 0 bridgehead atoms. The van der Waals surface area contributed by atoms with Crippen molar-refractivity contribution in [3.05, 3.63) is 24.8 Å². The molecule has 0 spiro atoms. The fraction of sp³-hybridized carbons (Fsp3) is 0.467. The fourth-order valence-electron chi connectivity index (χ4n) is 1.77. The van der Waals surface area contributed by atoms with E-state index in [-0.39, 0.29) is 5.97 Å². The van der Waals surface area contributed by atoms with E-state index in [9.17, 15) is 4.79 Å². The van der Waals surface area contributed by atoms with Crippen molar-refractivity contribution in [2.24, 2.45) is 0 Å². The van der Waals surface area contributed by atoms with Crippen LogP contribution in [-0.2, 0) is 4.79 Å². The molecule has 0 N–H and O–H groups in total. The van der Waals surface area contributed by atoms with Crippen LogP contribution in [0.25, 0.3) is 0 Å². The number of unbranched alkanes of at least 4 members (excludes halogenated alkanes) is 4. The van der Waals surface area contributed by atoms with Crippen molar-refractivity contribution >= 4 is 51.2 Å². The van der Waals surface area contributed by atoms with E-state index in [1.165, 1.54) is 12.8 Å². The third kappa shape index (κ3) is 5.56. The average Bonchev–Trinajstić information content (AvgIpc) is 2.43. The second kappa shape index (κ2) is 9.55. The first-order chi connectivity index (χ1) is 9.60. The molecule has 0 amide bonds. The molecule has 0 unspecified atom stereocenters. The number of rotatable bonds is 7. The van der Waals surface area contributed by atoms with Crippen LogP contribution in [0.3, 0.4) is 0 Å². The lowest BCUT2D eigenvalue weighted by molar-refractivity contribution is -0.134. The van der Waals surface area contributed by atoms with Crippen LogP contribution in [0.1, 0.15) is 51.0 Å². The van der Waals surface area contributed by atoms with Gasteiger partial charge in [-0.3, -0.25) is 4.79 Å². The van der Waals surface area contributed by atoms with Gasteiger partial charge in [0.2, 0.25) is 0 Å². The van der Waals surface area contributed by atoms with Crippen molar-refractivity contribution in [2.75, 3.05) is 0 Å². The summed E-state index contributed by atoms with van der Waals surface area (Å²) in [6, 6.07) is 5.65. The van der Waals surface area contributed by atoms with Gasteiger partial charge in [-0.2, -0.15) is 5.26 Å². The molecule has 1 aromatic rings. The summed E-state index contributed by atoms with van der Waals surface area (Å²) in [5, 5.41) is 9.16. The number of nitrogens with zero attached hydrogens (tertiary/aromatic N) is 1. The molecule has 108 valence electrons. The van der Waals surface area contributed by atoms with Crippen molar-refractivity contribution in [1.82, 2.24) is 0 Å². The van der Waals surface area contributed by atoms with E-state index < -0.39 is 0 Å². The number of nitriles is 1. The Labute approximate surface area is 147 Å². The highest BCUT2D eigenvalue weighted by Crippen LogP contribution is 2.27. The lowest BCUT2D eigenvalue weighted by Gasteiger charge is -2.08. The predicted octanol–water partition coefficient (Wildman–Crippen LogP) is 5.03. The van der Waals surface area contributed by atoms with Gasteiger partial charge in [-0.25, -0.2) is 0 Å². The summed E-state index contributed by atoms with van der Waals surface area (Å²) < 4.78 is 7.13. The molecule has 1 rings (SSSR count).